The minimum absolute atomic E-state index is 0.381. The summed E-state index contributed by atoms with van der Waals surface area (Å²) in [6.45, 7) is 2.54. The maximum absolute atomic E-state index is 11.2. The molecule has 0 saturated carbocycles. The average molecular weight is 315 g/mol. The fourth-order valence-electron chi connectivity index (χ4n) is 1.93. The molecule has 1 unspecified atom stereocenters. The van der Waals surface area contributed by atoms with E-state index in [-0.39, 0.29) is 5.97 Å². The molecule has 0 aliphatic carbocycles. The Kier molecular flexibility index (Phi) is 6.00. The molecule has 0 amide bonds. The van der Waals surface area contributed by atoms with Crippen LogP contribution in [0.2, 0.25) is 0 Å². The topological polar surface area (TPSA) is 70.8 Å². The van der Waals surface area contributed by atoms with Gasteiger partial charge in [0.05, 0.1) is 7.11 Å². The van der Waals surface area contributed by atoms with Crippen LogP contribution in [0.1, 0.15) is 18.9 Å². The average Bonchev–Trinajstić information content (AvgIpc) is 2.97. The summed E-state index contributed by atoms with van der Waals surface area (Å²) in [5, 5.41) is 0. The molecule has 1 aliphatic heterocycles. The molecule has 2 aromatic rings. The van der Waals surface area contributed by atoms with Gasteiger partial charge in [0.15, 0.2) is 11.5 Å². The number of esters is 1. The lowest BCUT2D eigenvalue weighted by Crippen LogP contribution is -2.33. The Morgan fingerprint density at radius 2 is 2.00 bits per heavy atom. The van der Waals surface area contributed by atoms with Crippen molar-refractivity contribution < 1.29 is 19.0 Å². The van der Waals surface area contributed by atoms with Crippen molar-refractivity contribution in [3.63, 3.8) is 0 Å². The number of hydrogen-bond acceptors (Lipinski definition) is 5. The van der Waals surface area contributed by atoms with Gasteiger partial charge in [-0.2, -0.15) is 0 Å². The van der Waals surface area contributed by atoms with Crippen molar-refractivity contribution >= 4 is 5.97 Å². The molecular formula is C18H21NO4. The van der Waals surface area contributed by atoms with E-state index in [1.807, 2.05) is 31.2 Å². The third kappa shape index (κ3) is 4.72. The first-order valence-electron chi connectivity index (χ1n) is 7.46. The molecule has 0 spiro atoms. The number of fused-ring (bicyclic) bond motifs is 2. The fourth-order valence-corrected chi connectivity index (χ4v) is 1.93. The van der Waals surface area contributed by atoms with Gasteiger partial charge in [0.25, 0.3) is 0 Å². The lowest BCUT2D eigenvalue weighted by atomic mass is 10.2. The Hall–Kier alpha value is -2.53. The van der Waals surface area contributed by atoms with E-state index in [2.05, 4.69) is 0 Å². The number of rotatable bonds is 4. The molecule has 122 valence electrons. The Morgan fingerprint density at radius 1 is 1.26 bits per heavy atom. The number of methoxy groups -OCH3 is 1. The van der Waals surface area contributed by atoms with Crippen LogP contribution in [0.3, 0.4) is 0 Å². The van der Waals surface area contributed by atoms with Gasteiger partial charge in [-0.1, -0.05) is 31.2 Å². The zero-order valence-corrected chi connectivity index (χ0v) is 13.3. The van der Waals surface area contributed by atoms with E-state index in [1.165, 1.54) is 5.56 Å². The van der Waals surface area contributed by atoms with Crippen LogP contribution in [0.5, 0.6) is 17.2 Å². The van der Waals surface area contributed by atoms with E-state index in [9.17, 15) is 4.79 Å². The number of ether oxygens (including phenoxy) is 3. The minimum Gasteiger partial charge on any atom is -0.493 e. The summed E-state index contributed by atoms with van der Waals surface area (Å²) in [4.78, 5) is 11.2. The Bertz CT molecular complexity index is 643. The number of para-hydroxylation sites is 1. The highest BCUT2D eigenvalue weighted by molar-refractivity contribution is 5.77. The van der Waals surface area contributed by atoms with Crippen molar-refractivity contribution in [3.05, 3.63) is 54.1 Å². The van der Waals surface area contributed by atoms with Crippen LogP contribution in [0, 0.1) is 0 Å². The van der Waals surface area contributed by atoms with Crippen molar-refractivity contribution in [1.82, 2.24) is 0 Å². The molecule has 2 bridgehead atoms. The Morgan fingerprint density at radius 3 is 2.65 bits per heavy atom. The maximum Gasteiger partial charge on any atom is 0.328 e. The van der Waals surface area contributed by atoms with Crippen LogP contribution >= 0.6 is 0 Å². The fraction of sp³-hybridized carbons (Fsp3) is 0.278. The predicted octanol–water partition coefficient (Wildman–Crippen LogP) is 2.92. The number of carbonyl (C=O) groups is 1. The van der Waals surface area contributed by atoms with Crippen molar-refractivity contribution in [2.45, 2.75) is 26.0 Å². The monoisotopic (exact) mass is 315 g/mol. The smallest absolute Gasteiger partial charge is 0.328 e. The first-order chi connectivity index (χ1) is 11.1. The highest BCUT2D eigenvalue weighted by atomic mass is 16.5. The molecule has 1 heterocycles. The molecule has 2 N–H and O–H groups in total. The molecule has 2 aromatic carbocycles. The molecule has 0 fully saturated rings. The molecule has 1 atom stereocenters. The molecule has 0 radical (unpaired) electrons. The largest absolute Gasteiger partial charge is 0.493 e. The minimum atomic E-state index is -0.528. The van der Waals surface area contributed by atoms with Gasteiger partial charge in [0, 0.05) is 0 Å². The number of hydrogen-bond donors (Lipinski definition) is 1. The molecule has 0 aromatic heterocycles. The molecule has 23 heavy (non-hydrogen) atoms. The summed E-state index contributed by atoms with van der Waals surface area (Å²) in [5.41, 5.74) is 6.71. The zero-order valence-electron chi connectivity index (χ0n) is 13.3. The summed E-state index contributed by atoms with van der Waals surface area (Å²) in [5.74, 6) is 1.84. The van der Waals surface area contributed by atoms with E-state index in [1.54, 1.807) is 31.4 Å². The number of carbonyl (C=O) groups excluding carboxylic acids is 1. The predicted molar refractivity (Wildman–Crippen MR) is 87.7 cm³/mol. The van der Waals surface area contributed by atoms with Crippen LogP contribution in [-0.2, 0) is 11.4 Å². The number of nitrogens with two attached hydrogens (primary N) is 1. The van der Waals surface area contributed by atoms with Crippen LogP contribution in [0.25, 0.3) is 0 Å². The molecular weight excluding hydrogens is 294 g/mol. The van der Waals surface area contributed by atoms with Gasteiger partial charge in [0.2, 0.25) is 0 Å². The van der Waals surface area contributed by atoms with Gasteiger partial charge in [-0.15, -0.1) is 0 Å². The summed E-state index contributed by atoms with van der Waals surface area (Å²) in [6.07, 6.45) is 0.589. The van der Waals surface area contributed by atoms with E-state index in [0.29, 0.717) is 18.8 Å². The second kappa shape index (κ2) is 8.19. The lowest BCUT2D eigenvalue weighted by molar-refractivity contribution is -0.135. The summed E-state index contributed by atoms with van der Waals surface area (Å²) < 4.78 is 15.3. The second-order valence-corrected chi connectivity index (χ2v) is 5.02. The first kappa shape index (κ1) is 16.8. The standard InChI is InChI=1S/C10H13NO2.C8H8O2/c1-2-9(11)10(12)13-8-6-4-3-5-7-8;1-9-7-3-2-6-4-8(7)10-5-6/h3-7,9H,2,11H2,1H3;2-4H,5H2,1H3. The molecule has 3 rings (SSSR count). The maximum atomic E-state index is 11.2. The van der Waals surface area contributed by atoms with E-state index in [4.69, 9.17) is 19.9 Å². The van der Waals surface area contributed by atoms with Gasteiger partial charge in [-0.3, -0.25) is 0 Å². The Balaban J connectivity index is 0.000000172. The van der Waals surface area contributed by atoms with Crippen LogP contribution in [0.4, 0.5) is 0 Å². The Labute approximate surface area is 136 Å². The number of benzene rings is 2. The molecule has 5 heteroatoms. The van der Waals surface area contributed by atoms with Gasteiger partial charge in [0.1, 0.15) is 18.4 Å². The summed E-state index contributed by atoms with van der Waals surface area (Å²) in [7, 11) is 1.65. The van der Waals surface area contributed by atoms with Crippen LogP contribution in [-0.4, -0.2) is 19.1 Å². The SMILES string of the molecule is CCC(N)C(=O)Oc1ccccc1.COc1ccc2cc1OC2. The highest BCUT2D eigenvalue weighted by Crippen LogP contribution is 2.33. The second-order valence-electron chi connectivity index (χ2n) is 5.02. The quantitative estimate of drug-likeness (QED) is 0.694. The van der Waals surface area contributed by atoms with Crippen molar-refractivity contribution in [2.75, 3.05) is 7.11 Å². The highest BCUT2D eigenvalue weighted by Gasteiger charge is 2.13. The third-order valence-electron chi connectivity index (χ3n) is 3.33. The van der Waals surface area contributed by atoms with Gasteiger partial charge in [-0.05, 0) is 36.2 Å². The lowest BCUT2D eigenvalue weighted by Gasteiger charge is -2.08. The molecule has 5 nitrogen and oxygen atoms in total. The van der Waals surface area contributed by atoms with E-state index < -0.39 is 6.04 Å². The first-order valence-corrected chi connectivity index (χ1v) is 7.46. The third-order valence-corrected chi connectivity index (χ3v) is 3.33. The molecule has 0 saturated heterocycles. The van der Waals surface area contributed by atoms with E-state index in [0.717, 1.165) is 11.5 Å². The van der Waals surface area contributed by atoms with Crippen molar-refractivity contribution in [3.8, 4) is 17.2 Å². The van der Waals surface area contributed by atoms with Crippen LogP contribution in [0.15, 0.2) is 48.5 Å². The van der Waals surface area contributed by atoms with Crippen molar-refractivity contribution in [1.29, 1.82) is 0 Å². The summed E-state index contributed by atoms with van der Waals surface area (Å²) in [6, 6.07) is 14.3. The van der Waals surface area contributed by atoms with Crippen LogP contribution < -0.4 is 19.9 Å². The van der Waals surface area contributed by atoms with E-state index >= 15 is 0 Å². The van der Waals surface area contributed by atoms with Crippen molar-refractivity contribution in [2.24, 2.45) is 5.73 Å². The molecule has 1 aliphatic rings. The normalized spacial score (nSPS) is 12.5. The van der Waals surface area contributed by atoms with Gasteiger partial charge < -0.3 is 19.9 Å². The summed E-state index contributed by atoms with van der Waals surface area (Å²) >= 11 is 0. The van der Waals surface area contributed by atoms with Gasteiger partial charge >= 0.3 is 5.97 Å². The zero-order chi connectivity index (χ0) is 16.7. The van der Waals surface area contributed by atoms with Gasteiger partial charge in [-0.25, -0.2) is 4.79 Å².